The second-order valence-electron chi connectivity index (χ2n) is 7.75. The van der Waals surface area contributed by atoms with E-state index in [9.17, 15) is 4.79 Å². The van der Waals surface area contributed by atoms with Gasteiger partial charge in [-0.15, -0.1) is 0 Å². The summed E-state index contributed by atoms with van der Waals surface area (Å²) in [5.41, 5.74) is 2.67. The van der Waals surface area contributed by atoms with E-state index in [1.54, 1.807) is 6.20 Å². The lowest BCUT2D eigenvalue weighted by atomic mass is 10.2. The third-order valence-electron chi connectivity index (χ3n) is 5.55. The van der Waals surface area contributed by atoms with Gasteiger partial charge in [0.2, 0.25) is 11.8 Å². The quantitative estimate of drug-likeness (QED) is 0.651. The van der Waals surface area contributed by atoms with Gasteiger partial charge in [0.15, 0.2) is 5.65 Å². The molecule has 2 atom stereocenters. The Morgan fingerprint density at radius 1 is 1.30 bits per heavy atom. The molecule has 3 aromatic rings. The Morgan fingerprint density at radius 2 is 2.17 bits per heavy atom. The number of anilines is 2. The molecule has 2 bridgehead atoms. The maximum Gasteiger partial charge on any atom is 0.263 e. The smallest absolute Gasteiger partial charge is 0.263 e. The average Bonchev–Trinajstić information content (AvgIpc) is 3.43. The molecule has 0 radical (unpaired) electrons. The summed E-state index contributed by atoms with van der Waals surface area (Å²) < 4.78 is 7.54. The van der Waals surface area contributed by atoms with Crippen molar-refractivity contribution in [2.45, 2.75) is 39.3 Å². The largest absolute Gasteiger partial charge is 0.477 e. The van der Waals surface area contributed by atoms with Crippen LogP contribution in [0, 0.1) is 13.8 Å². The van der Waals surface area contributed by atoms with Gasteiger partial charge in [0, 0.05) is 37.6 Å². The number of nitrogens with zero attached hydrogens (tertiary/aromatic N) is 6. The number of fused-ring (bicyclic) bond motifs is 3. The Bertz CT molecular complexity index is 1130. The number of amides is 1. The minimum absolute atomic E-state index is 0.282. The van der Waals surface area contributed by atoms with Gasteiger partial charge in [0.25, 0.3) is 5.91 Å². The van der Waals surface area contributed by atoms with Crippen LogP contribution in [0.3, 0.4) is 0 Å². The highest BCUT2D eigenvalue weighted by atomic mass is 16.5. The van der Waals surface area contributed by atoms with Gasteiger partial charge in [0.1, 0.15) is 11.4 Å². The fourth-order valence-corrected chi connectivity index (χ4v) is 4.22. The number of hydrogen-bond acceptors (Lipinski definition) is 8. The molecule has 0 saturated carbocycles. The van der Waals surface area contributed by atoms with Crippen LogP contribution in [-0.2, 0) is 0 Å². The number of hydrogen-bond donors (Lipinski definition) is 2. The molecule has 0 aliphatic carbocycles. The topological polar surface area (TPSA) is 110 Å². The van der Waals surface area contributed by atoms with Crippen molar-refractivity contribution in [3.05, 3.63) is 35.5 Å². The van der Waals surface area contributed by atoms with Crippen molar-refractivity contribution in [2.75, 3.05) is 29.9 Å². The Labute approximate surface area is 173 Å². The third-order valence-corrected chi connectivity index (χ3v) is 5.55. The molecule has 0 unspecified atom stereocenters. The highest BCUT2D eigenvalue weighted by Gasteiger charge is 2.39. The number of aromatic nitrogens is 5. The molecule has 2 saturated heterocycles. The first-order valence-corrected chi connectivity index (χ1v) is 10.2. The van der Waals surface area contributed by atoms with Crippen LogP contribution >= 0.6 is 0 Å². The van der Waals surface area contributed by atoms with Gasteiger partial charge in [-0.1, -0.05) is 0 Å². The normalized spacial score (nSPS) is 20.2. The summed E-state index contributed by atoms with van der Waals surface area (Å²) in [7, 11) is 0. The van der Waals surface area contributed by atoms with Crippen molar-refractivity contribution >= 4 is 23.3 Å². The summed E-state index contributed by atoms with van der Waals surface area (Å²) in [6.07, 6.45) is 6.26. The molecule has 30 heavy (non-hydrogen) atoms. The molecule has 0 aromatic carbocycles. The predicted molar refractivity (Wildman–Crippen MR) is 111 cm³/mol. The molecule has 0 spiro atoms. The van der Waals surface area contributed by atoms with Gasteiger partial charge in [-0.3, -0.25) is 4.79 Å². The van der Waals surface area contributed by atoms with E-state index < -0.39 is 0 Å². The molecule has 10 nitrogen and oxygen atoms in total. The first-order chi connectivity index (χ1) is 14.5. The molecule has 2 aliphatic rings. The molecule has 2 fully saturated rings. The molecule has 2 aliphatic heterocycles. The zero-order valence-corrected chi connectivity index (χ0v) is 17.2. The number of imidazole rings is 1. The van der Waals surface area contributed by atoms with E-state index in [-0.39, 0.29) is 17.4 Å². The lowest BCUT2D eigenvalue weighted by Crippen LogP contribution is -2.44. The summed E-state index contributed by atoms with van der Waals surface area (Å²) in [5.74, 6) is 0.954. The van der Waals surface area contributed by atoms with E-state index in [1.165, 1.54) is 6.20 Å². The summed E-state index contributed by atoms with van der Waals surface area (Å²) >= 11 is 0. The standard InChI is InChI=1S/C20H24N8O2/c1-4-30-19-15(7-22-20(26-19)28-9-13-5-14(28)6-21-13)18(29)25-16-10-27-8-11(2)23-17(27)12(3)24-16/h7-8,10,13-14,21H,4-6,9H2,1-3H3,(H,25,29)/t13-,14-/m0/s1. The number of carbonyl (C=O) groups excluding carboxylic acids is 1. The van der Waals surface area contributed by atoms with Crippen LogP contribution in [0.5, 0.6) is 5.88 Å². The van der Waals surface area contributed by atoms with Crippen molar-refractivity contribution in [1.29, 1.82) is 0 Å². The minimum atomic E-state index is -0.363. The number of piperazine rings is 1. The highest BCUT2D eigenvalue weighted by Crippen LogP contribution is 2.29. The Morgan fingerprint density at radius 3 is 2.90 bits per heavy atom. The van der Waals surface area contributed by atoms with Crippen molar-refractivity contribution in [3.8, 4) is 5.88 Å². The average molecular weight is 408 g/mol. The van der Waals surface area contributed by atoms with Crippen LogP contribution in [0.2, 0.25) is 0 Å². The van der Waals surface area contributed by atoms with Crippen molar-refractivity contribution in [3.63, 3.8) is 0 Å². The molecule has 5 heterocycles. The Hall–Kier alpha value is -3.27. The summed E-state index contributed by atoms with van der Waals surface area (Å²) in [6, 6.07) is 0.870. The van der Waals surface area contributed by atoms with Crippen LogP contribution < -0.4 is 20.3 Å². The molecular weight excluding hydrogens is 384 g/mol. The Balaban J connectivity index is 1.42. The van der Waals surface area contributed by atoms with E-state index in [0.717, 1.165) is 36.5 Å². The van der Waals surface area contributed by atoms with Gasteiger partial charge < -0.3 is 24.7 Å². The fourth-order valence-electron chi connectivity index (χ4n) is 4.22. The van der Waals surface area contributed by atoms with Crippen molar-refractivity contribution in [2.24, 2.45) is 0 Å². The van der Waals surface area contributed by atoms with Gasteiger partial charge in [0.05, 0.1) is 24.2 Å². The van der Waals surface area contributed by atoms with Crippen LogP contribution in [0.25, 0.3) is 5.65 Å². The molecule has 2 N–H and O–H groups in total. The van der Waals surface area contributed by atoms with Crippen molar-refractivity contribution < 1.29 is 9.53 Å². The zero-order chi connectivity index (χ0) is 20.8. The number of carbonyl (C=O) groups is 1. The zero-order valence-electron chi connectivity index (χ0n) is 17.2. The number of ether oxygens (including phenoxy) is 1. The van der Waals surface area contributed by atoms with Gasteiger partial charge in [-0.2, -0.15) is 4.98 Å². The van der Waals surface area contributed by atoms with Crippen LogP contribution in [0.15, 0.2) is 18.6 Å². The SMILES string of the molecule is CCOc1nc(N2C[C@@H]3C[C@H]2CN3)ncc1C(=O)Nc1cn2cc(C)nc2c(C)n1. The molecule has 10 heteroatoms. The number of rotatable bonds is 5. The minimum Gasteiger partial charge on any atom is -0.477 e. The lowest BCUT2D eigenvalue weighted by molar-refractivity contribution is 0.102. The molecule has 1 amide bonds. The maximum absolute atomic E-state index is 13.0. The van der Waals surface area contributed by atoms with Crippen molar-refractivity contribution in [1.82, 2.24) is 29.7 Å². The van der Waals surface area contributed by atoms with Crippen LogP contribution in [0.1, 0.15) is 35.1 Å². The maximum atomic E-state index is 13.0. The fraction of sp³-hybridized carbons (Fsp3) is 0.450. The summed E-state index contributed by atoms with van der Waals surface area (Å²) in [5, 5.41) is 6.30. The molecular formula is C20H24N8O2. The first kappa shape index (κ1) is 18.7. The predicted octanol–water partition coefficient (Wildman–Crippen LogP) is 1.34. The van der Waals surface area contributed by atoms with Gasteiger partial charge in [-0.25, -0.2) is 15.0 Å². The van der Waals surface area contributed by atoms with E-state index in [4.69, 9.17) is 4.74 Å². The molecule has 5 rings (SSSR count). The molecule has 3 aromatic heterocycles. The lowest BCUT2D eigenvalue weighted by Gasteiger charge is -2.27. The number of nitrogens with one attached hydrogen (secondary N) is 2. The number of aryl methyl sites for hydroxylation is 2. The van der Waals surface area contributed by atoms with E-state index in [0.29, 0.717) is 30.5 Å². The molecule has 156 valence electrons. The second kappa shape index (κ2) is 7.21. The van der Waals surface area contributed by atoms with E-state index >= 15 is 0 Å². The Kier molecular flexibility index (Phi) is 4.50. The third kappa shape index (κ3) is 3.22. The van der Waals surface area contributed by atoms with E-state index in [1.807, 2.05) is 31.4 Å². The van der Waals surface area contributed by atoms with Gasteiger partial charge in [-0.05, 0) is 27.2 Å². The highest BCUT2D eigenvalue weighted by molar-refractivity contribution is 6.05. The summed E-state index contributed by atoms with van der Waals surface area (Å²) in [4.78, 5) is 33.1. The summed E-state index contributed by atoms with van der Waals surface area (Å²) in [6.45, 7) is 7.85. The van der Waals surface area contributed by atoms with E-state index in [2.05, 4.69) is 35.5 Å². The van der Waals surface area contributed by atoms with Crippen LogP contribution in [0.4, 0.5) is 11.8 Å². The second-order valence-corrected chi connectivity index (χ2v) is 7.75. The monoisotopic (exact) mass is 408 g/mol. The van der Waals surface area contributed by atoms with Crippen LogP contribution in [-0.4, -0.2) is 62.0 Å². The first-order valence-electron chi connectivity index (χ1n) is 10.2. The van der Waals surface area contributed by atoms with Gasteiger partial charge >= 0.3 is 0 Å².